The summed E-state index contributed by atoms with van der Waals surface area (Å²) in [4.78, 5) is 15.3. The lowest BCUT2D eigenvalue weighted by atomic mass is 9.88. The lowest BCUT2D eigenvalue weighted by molar-refractivity contribution is 0.165. The van der Waals surface area contributed by atoms with Gasteiger partial charge in [0, 0.05) is 31.1 Å². The number of carbonyl (C=O) groups excluding carboxylic acids is 1. The van der Waals surface area contributed by atoms with Crippen molar-refractivity contribution in [2.75, 3.05) is 23.8 Å². The largest absolute Gasteiger partial charge is 0.414 e. The van der Waals surface area contributed by atoms with Gasteiger partial charge in [0.25, 0.3) is 0 Å². The molecule has 0 spiro atoms. The minimum Gasteiger partial charge on any atom is -0.414 e. The molecule has 5 nitrogen and oxygen atoms in total. The molecule has 0 bridgehead atoms. The van der Waals surface area contributed by atoms with Gasteiger partial charge < -0.3 is 20.0 Å². The van der Waals surface area contributed by atoms with Crippen LogP contribution in [0.15, 0.2) is 42.5 Å². The molecule has 1 heterocycles. The van der Waals surface area contributed by atoms with E-state index in [-0.39, 0.29) is 23.2 Å². The summed E-state index contributed by atoms with van der Waals surface area (Å²) in [6.45, 7) is 12.4. The van der Waals surface area contributed by atoms with E-state index in [1.807, 2.05) is 18.2 Å². The Bertz CT molecular complexity index is 1010. The second-order valence-corrected chi connectivity index (χ2v) is 15.9. The molecular weight excluding hydrogens is 426 g/mol. The Balaban J connectivity index is 1.46. The molecule has 6 heteroatoms. The minimum absolute atomic E-state index is 0.0200. The van der Waals surface area contributed by atoms with Crippen molar-refractivity contribution in [2.45, 2.75) is 76.7 Å². The molecule has 33 heavy (non-hydrogen) atoms. The average molecular weight is 466 g/mol. The lowest BCUT2D eigenvalue weighted by Crippen LogP contribution is -2.45. The lowest BCUT2D eigenvalue weighted by Gasteiger charge is -2.40. The van der Waals surface area contributed by atoms with Crippen molar-refractivity contribution in [2.24, 2.45) is 0 Å². The van der Waals surface area contributed by atoms with Gasteiger partial charge in [-0.1, -0.05) is 51.1 Å². The molecule has 0 radical (unpaired) electrons. The van der Waals surface area contributed by atoms with Crippen molar-refractivity contribution >= 4 is 25.7 Å². The summed E-state index contributed by atoms with van der Waals surface area (Å²) < 4.78 is 6.74. The Labute approximate surface area is 200 Å². The highest BCUT2D eigenvalue weighted by Gasteiger charge is 2.40. The van der Waals surface area contributed by atoms with Crippen LogP contribution >= 0.6 is 0 Å². The molecule has 1 aliphatic heterocycles. The first kappa shape index (κ1) is 23.8. The van der Waals surface area contributed by atoms with Gasteiger partial charge in [0.15, 0.2) is 8.32 Å². The number of anilines is 2. The first-order valence-electron chi connectivity index (χ1n) is 12.2. The molecule has 2 unspecified atom stereocenters. The first-order chi connectivity index (χ1) is 15.5. The van der Waals surface area contributed by atoms with Gasteiger partial charge in [-0.2, -0.15) is 0 Å². The number of rotatable bonds is 4. The Morgan fingerprint density at radius 3 is 2.61 bits per heavy atom. The van der Waals surface area contributed by atoms with Crippen LogP contribution in [0.2, 0.25) is 18.1 Å². The molecule has 0 aromatic heterocycles. The highest BCUT2D eigenvalue weighted by Crippen LogP contribution is 2.40. The molecule has 2 amide bonds. The Morgan fingerprint density at radius 2 is 1.85 bits per heavy atom. The number of nitrogens with zero attached hydrogens (tertiary/aromatic N) is 1. The zero-order valence-corrected chi connectivity index (χ0v) is 22.0. The van der Waals surface area contributed by atoms with Gasteiger partial charge in [0.2, 0.25) is 0 Å². The van der Waals surface area contributed by atoms with Crippen molar-refractivity contribution in [3.63, 3.8) is 0 Å². The van der Waals surface area contributed by atoms with E-state index in [0.29, 0.717) is 0 Å². The highest BCUT2D eigenvalue weighted by atomic mass is 28.4. The number of fused-ring (bicyclic) bond motifs is 2. The van der Waals surface area contributed by atoms with Gasteiger partial charge in [-0.15, -0.1) is 0 Å². The van der Waals surface area contributed by atoms with Crippen LogP contribution < -0.4 is 15.5 Å². The summed E-state index contributed by atoms with van der Waals surface area (Å²) in [6, 6.07) is 14.5. The summed E-state index contributed by atoms with van der Waals surface area (Å²) in [5, 5.41) is 6.57. The predicted octanol–water partition coefficient (Wildman–Crippen LogP) is 6.27. The second kappa shape index (κ2) is 9.14. The number of amides is 2. The molecule has 0 saturated carbocycles. The zero-order chi connectivity index (χ0) is 23.8. The smallest absolute Gasteiger partial charge is 0.319 e. The van der Waals surface area contributed by atoms with Crippen molar-refractivity contribution in [1.29, 1.82) is 0 Å². The number of aryl methyl sites for hydroxylation is 1. The maximum Gasteiger partial charge on any atom is 0.319 e. The quantitative estimate of drug-likeness (QED) is 0.523. The van der Waals surface area contributed by atoms with Crippen molar-refractivity contribution in [3.8, 4) is 0 Å². The summed E-state index contributed by atoms with van der Waals surface area (Å²) in [6.07, 6.45) is 4.01. The third-order valence-corrected chi connectivity index (χ3v) is 12.3. The zero-order valence-electron chi connectivity index (χ0n) is 21.0. The maximum absolute atomic E-state index is 13.0. The maximum atomic E-state index is 13.0. The highest BCUT2D eigenvalue weighted by molar-refractivity contribution is 6.74. The van der Waals surface area contributed by atoms with Crippen LogP contribution in [0.1, 0.15) is 56.3 Å². The predicted molar refractivity (Wildman–Crippen MR) is 140 cm³/mol. The third-order valence-electron chi connectivity index (χ3n) is 7.74. The van der Waals surface area contributed by atoms with Gasteiger partial charge in [0.1, 0.15) is 0 Å². The number of hydrogen-bond donors (Lipinski definition) is 2. The number of para-hydroxylation sites is 1. The molecule has 1 aliphatic carbocycles. The Hall–Kier alpha value is -2.31. The van der Waals surface area contributed by atoms with Crippen LogP contribution in [0.4, 0.5) is 16.2 Å². The topological polar surface area (TPSA) is 53.6 Å². The first-order valence-corrected chi connectivity index (χ1v) is 15.1. The van der Waals surface area contributed by atoms with E-state index in [1.165, 1.54) is 22.4 Å². The summed E-state index contributed by atoms with van der Waals surface area (Å²) >= 11 is 0. The molecule has 0 fully saturated rings. The Kier molecular flexibility index (Phi) is 6.60. The molecule has 0 saturated heterocycles. The van der Waals surface area contributed by atoms with Gasteiger partial charge in [0.05, 0.1) is 6.04 Å². The fraction of sp³-hybridized carbons (Fsp3) is 0.519. The Morgan fingerprint density at radius 1 is 1.09 bits per heavy atom. The van der Waals surface area contributed by atoms with E-state index < -0.39 is 8.32 Å². The summed E-state index contributed by atoms with van der Waals surface area (Å²) in [7, 11) is 0.269. The van der Waals surface area contributed by atoms with Crippen LogP contribution in [-0.4, -0.2) is 34.0 Å². The molecule has 2 aromatic rings. The SMILES string of the molecule is CN1CCC(NC(=O)Nc2cccc3c2CC(O[Si](C)(C)C(C)(C)C)CC3)c2ccccc21. The number of hydrogen-bond acceptors (Lipinski definition) is 3. The number of nitrogens with one attached hydrogen (secondary N) is 2. The van der Waals surface area contributed by atoms with Crippen LogP contribution in [0.3, 0.4) is 0 Å². The van der Waals surface area contributed by atoms with E-state index in [0.717, 1.165) is 37.9 Å². The van der Waals surface area contributed by atoms with Gasteiger partial charge >= 0.3 is 6.03 Å². The van der Waals surface area contributed by atoms with Gasteiger partial charge in [-0.3, -0.25) is 0 Å². The van der Waals surface area contributed by atoms with Crippen molar-refractivity contribution in [3.05, 3.63) is 59.2 Å². The molecule has 2 N–H and O–H groups in total. The van der Waals surface area contributed by atoms with Crippen molar-refractivity contribution in [1.82, 2.24) is 5.32 Å². The fourth-order valence-corrected chi connectivity index (χ4v) is 6.15. The number of urea groups is 1. The number of carbonyl (C=O) groups is 1. The standard InChI is InChI=1S/C27H39N3O2Si/c1-27(2,3)33(5,6)32-20-15-14-19-10-9-12-23(22(19)18-20)28-26(31)29-24-16-17-30(4)25-13-8-7-11-21(24)25/h7-13,20,24H,14-18H2,1-6H3,(H2,28,29,31). The molecule has 2 aliphatic rings. The van der Waals surface area contributed by atoms with Gasteiger partial charge in [-0.25, -0.2) is 4.79 Å². The number of benzene rings is 2. The van der Waals surface area contributed by atoms with E-state index in [9.17, 15) is 4.79 Å². The van der Waals surface area contributed by atoms with E-state index in [4.69, 9.17) is 4.43 Å². The van der Waals surface area contributed by atoms with E-state index in [2.05, 4.69) is 80.7 Å². The summed E-state index contributed by atoms with van der Waals surface area (Å²) in [5.41, 5.74) is 5.84. The molecule has 2 aromatic carbocycles. The average Bonchev–Trinajstić information content (AvgIpc) is 2.75. The van der Waals surface area contributed by atoms with Crippen LogP contribution in [0, 0.1) is 0 Å². The minimum atomic E-state index is -1.84. The second-order valence-electron chi connectivity index (χ2n) is 11.1. The van der Waals surface area contributed by atoms with Crippen LogP contribution in [0.5, 0.6) is 0 Å². The summed E-state index contributed by atoms with van der Waals surface area (Å²) in [5.74, 6) is 0. The van der Waals surface area contributed by atoms with E-state index >= 15 is 0 Å². The van der Waals surface area contributed by atoms with Crippen molar-refractivity contribution < 1.29 is 9.22 Å². The van der Waals surface area contributed by atoms with Gasteiger partial charge in [-0.05, 0) is 72.6 Å². The van der Waals surface area contributed by atoms with Crippen LogP contribution in [0.25, 0.3) is 0 Å². The molecule has 2 atom stereocenters. The third kappa shape index (κ3) is 5.12. The molecular formula is C27H39N3O2Si. The van der Waals surface area contributed by atoms with E-state index in [1.54, 1.807) is 0 Å². The fourth-order valence-electron chi connectivity index (χ4n) is 4.76. The normalized spacial score (nSPS) is 20.6. The molecule has 4 rings (SSSR count). The monoisotopic (exact) mass is 465 g/mol. The van der Waals surface area contributed by atoms with Crippen LogP contribution in [-0.2, 0) is 17.3 Å². The molecule has 178 valence electrons.